The van der Waals surface area contributed by atoms with Crippen molar-refractivity contribution < 1.29 is 4.74 Å². The van der Waals surface area contributed by atoms with Crippen molar-refractivity contribution >= 4 is 0 Å². The standard InChI is InChI=1S/C17H29NO/c1-13(12-19-6)11-16(18-5)14-7-9-15(10-8-14)17(2,3)4/h7-10,13,16,18H,11-12H2,1-6H3. The largest absolute Gasteiger partial charge is 0.384 e. The molecule has 2 atom stereocenters. The van der Waals surface area contributed by atoms with E-state index in [4.69, 9.17) is 4.74 Å². The van der Waals surface area contributed by atoms with Gasteiger partial charge in [-0.05, 0) is 35.9 Å². The number of benzene rings is 1. The fraction of sp³-hybridized carbons (Fsp3) is 0.647. The van der Waals surface area contributed by atoms with Crippen molar-refractivity contribution in [3.63, 3.8) is 0 Å². The van der Waals surface area contributed by atoms with Gasteiger partial charge < -0.3 is 10.1 Å². The molecule has 2 heteroatoms. The van der Waals surface area contributed by atoms with Gasteiger partial charge in [-0.25, -0.2) is 0 Å². The second-order valence-corrected chi connectivity index (χ2v) is 6.51. The van der Waals surface area contributed by atoms with Crippen molar-refractivity contribution in [3.8, 4) is 0 Å². The maximum atomic E-state index is 5.22. The Kier molecular flexibility index (Phi) is 6.02. The fourth-order valence-corrected chi connectivity index (χ4v) is 2.39. The minimum Gasteiger partial charge on any atom is -0.384 e. The lowest BCUT2D eigenvalue weighted by atomic mass is 9.85. The molecule has 0 saturated heterocycles. The van der Waals surface area contributed by atoms with Crippen LogP contribution in [0.4, 0.5) is 0 Å². The molecule has 1 aromatic carbocycles. The highest BCUT2D eigenvalue weighted by molar-refractivity contribution is 5.29. The van der Waals surface area contributed by atoms with Crippen molar-refractivity contribution in [2.24, 2.45) is 5.92 Å². The van der Waals surface area contributed by atoms with E-state index >= 15 is 0 Å². The van der Waals surface area contributed by atoms with Gasteiger partial charge in [-0.1, -0.05) is 52.0 Å². The predicted molar refractivity (Wildman–Crippen MR) is 82.6 cm³/mol. The molecule has 19 heavy (non-hydrogen) atoms. The highest BCUT2D eigenvalue weighted by atomic mass is 16.5. The summed E-state index contributed by atoms with van der Waals surface area (Å²) < 4.78 is 5.22. The Morgan fingerprint density at radius 1 is 1.16 bits per heavy atom. The molecule has 2 nitrogen and oxygen atoms in total. The van der Waals surface area contributed by atoms with Crippen LogP contribution in [0.15, 0.2) is 24.3 Å². The van der Waals surface area contributed by atoms with Crippen LogP contribution in [0.1, 0.15) is 51.3 Å². The molecule has 2 unspecified atom stereocenters. The van der Waals surface area contributed by atoms with Crippen LogP contribution in [-0.2, 0) is 10.2 Å². The Hall–Kier alpha value is -0.860. The molecule has 0 saturated carbocycles. The summed E-state index contributed by atoms with van der Waals surface area (Å²) in [6, 6.07) is 9.41. The van der Waals surface area contributed by atoms with Crippen LogP contribution in [-0.4, -0.2) is 20.8 Å². The van der Waals surface area contributed by atoms with Gasteiger partial charge in [0.1, 0.15) is 0 Å². The summed E-state index contributed by atoms with van der Waals surface area (Å²) in [4.78, 5) is 0. The molecular formula is C17H29NO. The molecular weight excluding hydrogens is 234 g/mol. The molecule has 0 amide bonds. The van der Waals surface area contributed by atoms with Gasteiger partial charge in [0.15, 0.2) is 0 Å². The van der Waals surface area contributed by atoms with E-state index in [0.717, 1.165) is 13.0 Å². The highest BCUT2D eigenvalue weighted by Gasteiger charge is 2.16. The SMILES string of the molecule is CNC(CC(C)COC)c1ccc(C(C)(C)C)cc1. The Labute approximate surface area is 118 Å². The molecule has 0 radical (unpaired) electrons. The van der Waals surface area contributed by atoms with Crippen molar-refractivity contribution in [2.45, 2.75) is 45.6 Å². The first-order chi connectivity index (χ1) is 8.88. The van der Waals surface area contributed by atoms with Crippen LogP contribution < -0.4 is 5.32 Å². The third-order valence-electron chi connectivity index (χ3n) is 3.62. The summed E-state index contributed by atoms with van der Waals surface area (Å²) in [6.07, 6.45) is 1.10. The minimum absolute atomic E-state index is 0.219. The third-order valence-corrected chi connectivity index (χ3v) is 3.62. The van der Waals surface area contributed by atoms with E-state index < -0.39 is 0 Å². The van der Waals surface area contributed by atoms with Gasteiger partial charge in [0.2, 0.25) is 0 Å². The first kappa shape index (κ1) is 16.2. The van der Waals surface area contributed by atoms with E-state index in [1.807, 2.05) is 7.05 Å². The maximum Gasteiger partial charge on any atom is 0.0488 e. The average Bonchev–Trinajstić information content (AvgIpc) is 2.35. The van der Waals surface area contributed by atoms with Crippen molar-refractivity contribution in [1.29, 1.82) is 0 Å². The van der Waals surface area contributed by atoms with E-state index in [0.29, 0.717) is 12.0 Å². The summed E-state index contributed by atoms with van der Waals surface area (Å²) in [6.45, 7) is 9.80. The molecule has 0 heterocycles. The second kappa shape index (κ2) is 7.06. The van der Waals surface area contributed by atoms with Gasteiger partial charge in [-0.15, -0.1) is 0 Å². The van der Waals surface area contributed by atoms with Crippen molar-refractivity contribution in [1.82, 2.24) is 5.32 Å². The Balaban J connectivity index is 2.77. The normalized spacial score (nSPS) is 15.3. The van der Waals surface area contributed by atoms with Gasteiger partial charge >= 0.3 is 0 Å². The average molecular weight is 263 g/mol. The minimum atomic E-state index is 0.219. The van der Waals surface area contributed by atoms with Gasteiger partial charge in [0.25, 0.3) is 0 Å². The third kappa shape index (κ3) is 4.96. The topological polar surface area (TPSA) is 21.3 Å². The molecule has 1 rings (SSSR count). The smallest absolute Gasteiger partial charge is 0.0488 e. The molecule has 1 aromatic rings. The van der Waals surface area contributed by atoms with Crippen LogP contribution in [0.3, 0.4) is 0 Å². The predicted octanol–water partition coefficient (Wildman–Crippen LogP) is 3.92. The van der Waals surface area contributed by atoms with Crippen LogP contribution in [0, 0.1) is 5.92 Å². The number of nitrogens with one attached hydrogen (secondary N) is 1. The zero-order chi connectivity index (χ0) is 14.5. The second-order valence-electron chi connectivity index (χ2n) is 6.51. The molecule has 0 aliphatic heterocycles. The van der Waals surface area contributed by atoms with Gasteiger partial charge in [0, 0.05) is 19.8 Å². The number of ether oxygens (including phenoxy) is 1. The molecule has 0 aliphatic rings. The summed E-state index contributed by atoms with van der Waals surface area (Å²) in [5.41, 5.74) is 2.96. The zero-order valence-electron chi connectivity index (χ0n) is 13.3. The molecule has 0 bridgehead atoms. The summed E-state index contributed by atoms with van der Waals surface area (Å²) >= 11 is 0. The van der Waals surface area contributed by atoms with Gasteiger partial charge in [-0.2, -0.15) is 0 Å². The van der Waals surface area contributed by atoms with Crippen LogP contribution >= 0.6 is 0 Å². The first-order valence-electron chi connectivity index (χ1n) is 7.15. The van der Waals surface area contributed by atoms with E-state index in [-0.39, 0.29) is 5.41 Å². The van der Waals surface area contributed by atoms with Crippen molar-refractivity contribution in [3.05, 3.63) is 35.4 Å². The Bertz CT molecular complexity index is 364. The Morgan fingerprint density at radius 2 is 1.74 bits per heavy atom. The van der Waals surface area contributed by atoms with Crippen LogP contribution in [0.25, 0.3) is 0 Å². The first-order valence-corrected chi connectivity index (χ1v) is 7.15. The fourth-order valence-electron chi connectivity index (χ4n) is 2.39. The highest BCUT2D eigenvalue weighted by Crippen LogP contribution is 2.26. The molecule has 0 fully saturated rings. The quantitative estimate of drug-likeness (QED) is 0.840. The molecule has 108 valence electrons. The lowest BCUT2D eigenvalue weighted by Gasteiger charge is -2.23. The number of methoxy groups -OCH3 is 1. The van der Waals surface area contributed by atoms with E-state index in [1.165, 1.54) is 11.1 Å². The van der Waals surface area contributed by atoms with Gasteiger partial charge in [0.05, 0.1) is 0 Å². The summed E-state index contributed by atoms with van der Waals surface area (Å²) in [5.74, 6) is 0.560. The Morgan fingerprint density at radius 3 is 2.16 bits per heavy atom. The molecule has 0 aromatic heterocycles. The van der Waals surface area contributed by atoms with Crippen molar-refractivity contribution in [2.75, 3.05) is 20.8 Å². The molecule has 0 spiro atoms. The number of hydrogen-bond acceptors (Lipinski definition) is 2. The van der Waals surface area contributed by atoms with Crippen LogP contribution in [0.5, 0.6) is 0 Å². The lowest BCUT2D eigenvalue weighted by Crippen LogP contribution is -2.21. The monoisotopic (exact) mass is 263 g/mol. The van der Waals surface area contributed by atoms with E-state index in [2.05, 4.69) is 57.3 Å². The van der Waals surface area contributed by atoms with E-state index in [9.17, 15) is 0 Å². The lowest BCUT2D eigenvalue weighted by molar-refractivity contribution is 0.150. The van der Waals surface area contributed by atoms with Gasteiger partial charge in [-0.3, -0.25) is 0 Å². The molecule has 1 N–H and O–H groups in total. The molecule has 0 aliphatic carbocycles. The van der Waals surface area contributed by atoms with E-state index in [1.54, 1.807) is 7.11 Å². The number of hydrogen-bond donors (Lipinski definition) is 1. The van der Waals surface area contributed by atoms with Crippen LogP contribution in [0.2, 0.25) is 0 Å². The summed E-state index contributed by atoms with van der Waals surface area (Å²) in [5, 5.41) is 3.41. The zero-order valence-corrected chi connectivity index (χ0v) is 13.3. The summed E-state index contributed by atoms with van der Waals surface area (Å²) in [7, 11) is 3.80. The maximum absolute atomic E-state index is 5.22. The number of rotatable bonds is 6.